The van der Waals surface area contributed by atoms with Crippen molar-refractivity contribution in [3.8, 4) is 23.1 Å². The molecule has 8 aromatic rings. The quantitative estimate of drug-likeness (QED) is 0.119. The van der Waals surface area contributed by atoms with Gasteiger partial charge in [-0.2, -0.15) is 9.97 Å². The summed E-state index contributed by atoms with van der Waals surface area (Å²) in [6.45, 7) is 4.24. The Bertz CT molecular complexity index is 3050. The highest BCUT2D eigenvalue weighted by atomic mass is 35.5. The fourth-order valence-corrected chi connectivity index (χ4v) is 7.70. The van der Waals surface area contributed by atoms with Crippen LogP contribution in [0.2, 0.25) is 15.3 Å². The number of hydrogen-bond acceptors (Lipinski definition) is 14. The van der Waals surface area contributed by atoms with Crippen molar-refractivity contribution in [3.63, 3.8) is 0 Å². The van der Waals surface area contributed by atoms with E-state index in [2.05, 4.69) is 45.2 Å². The Labute approximate surface area is 395 Å². The Balaban J connectivity index is 0.000000151. The maximum absolute atomic E-state index is 13.7. The molecule has 16 nitrogen and oxygen atoms in total. The third-order valence-corrected chi connectivity index (χ3v) is 11.0. The number of benzene rings is 2. The Hall–Kier alpha value is -7.29. The predicted molar refractivity (Wildman–Crippen MR) is 245 cm³/mol. The molecule has 0 radical (unpaired) electrons. The molecule has 8 heterocycles. The van der Waals surface area contributed by atoms with Crippen LogP contribution in [0.1, 0.15) is 34.6 Å². The molecule has 67 heavy (non-hydrogen) atoms. The number of nitrogens with one attached hydrogen (secondary N) is 1. The summed E-state index contributed by atoms with van der Waals surface area (Å²) in [6.07, 6.45) is 13.2. The second kappa shape index (κ2) is 19.7. The van der Waals surface area contributed by atoms with E-state index in [0.717, 1.165) is 23.5 Å². The second-order valence-corrected chi connectivity index (χ2v) is 16.2. The molecule has 2 aliphatic rings. The van der Waals surface area contributed by atoms with Crippen LogP contribution >= 0.6 is 34.8 Å². The van der Waals surface area contributed by atoms with Crippen LogP contribution in [0.5, 0.6) is 11.5 Å². The number of halogens is 7. The van der Waals surface area contributed by atoms with Crippen molar-refractivity contribution < 1.29 is 27.0 Å². The average molecular weight is 976 g/mol. The first-order chi connectivity index (χ1) is 32.1. The molecule has 0 spiro atoms. The number of fused-ring (bicyclic) bond motifs is 2. The topological polar surface area (TPSA) is 176 Å². The molecule has 6 aromatic heterocycles. The van der Waals surface area contributed by atoms with E-state index in [1.54, 1.807) is 76.4 Å². The highest BCUT2D eigenvalue weighted by molar-refractivity contribution is 6.32. The minimum absolute atomic E-state index is 0.0882. The van der Waals surface area contributed by atoms with Gasteiger partial charge < -0.3 is 30.3 Å². The number of nitrogens with two attached hydrogens (primary N) is 1. The van der Waals surface area contributed by atoms with E-state index >= 15 is 0 Å². The molecule has 23 heteroatoms. The summed E-state index contributed by atoms with van der Waals surface area (Å²) in [5, 5.41) is 4.10. The van der Waals surface area contributed by atoms with Gasteiger partial charge in [0.2, 0.25) is 11.2 Å². The van der Waals surface area contributed by atoms with Gasteiger partial charge in [0.1, 0.15) is 49.1 Å². The molecule has 2 aromatic carbocycles. The van der Waals surface area contributed by atoms with Gasteiger partial charge in [0.15, 0.2) is 34.8 Å². The largest absolute Gasteiger partial charge is 0.486 e. The van der Waals surface area contributed by atoms with Crippen molar-refractivity contribution in [2.24, 2.45) is 0 Å². The number of nitrogens with zero attached hydrogens (tertiary/aromatic N) is 12. The van der Waals surface area contributed by atoms with Gasteiger partial charge in [-0.15, -0.1) is 0 Å². The lowest BCUT2D eigenvalue weighted by molar-refractivity contribution is 0.264. The maximum atomic E-state index is 13.7. The van der Waals surface area contributed by atoms with Crippen LogP contribution in [-0.2, 0) is 0 Å². The van der Waals surface area contributed by atoms with Gasteiger partial charge in [0.05, 0.1) is 69.7 Å². The van der Waals surface area contributed by atoms with Gasteiger partial charge in [0.25, 0.3) is 0 Å². The first-order valence-electron chi connectivity index (χ1n) is 20.0. The smallest absolute Gasteiger partial charge is 0.229 e. The fourth-order valence-electron chi connectivity index (χ4n) is 7.03. The van der Waals surface area contributed by atoms with Crippen molar-refractivity contribution in [2.75, 3.05) is 48.2 Å². The Morgan fingerprint density at radius 1 is 0.582 bits per heavy atom. The fraction of sp³-hybridized carbons (Fsp3) is 0.182. The van der Waals surface area contributed by atoms with Gasteiger partial charge in [0, 0.05) is 38.6 Å². The minimum Gasteiger partial charge on any atom is -0.486 e. The highest BCUT2D eigenvalue weighted by Crippen LogP contribution is 2.39. The van der Waals surface area contributed by atoms with Crippen LogP contribution in [0.4, 0.5) is 46.5 Å². The summed E-state index contributed by atoms with van der Waals surface area (Å²) in [5.41, 5.74) is 9.37. The highest BCUT2D eigenvalue weighted by Gasteiger charge is 2.30. The van der Waals surface area contributed by atoms with Crippen LogP contribution in [0, 0.1) is 37.1 Å². The summed E-state index contributed by atoms with van der Waals surface area (Å²) in [7, 11) is 3.55. The number of aryl methyl sites for hydroxylation is 2. The molecule has 0 fully saturated rings. The molecule has 344 valence electrons. The lowest BCUT2D eigenvalue weighted by Gasteiger charge is -2.35. The summed E-state index contributed by atoms with van der Waals surface area (Å²) in [4.78, 5) is 37.1. The molecule has 10 rings (SSSR count). The lowest BCUT2D eigenvalue weighted by atomic mass is 10.0. The van der Waals surface area contributed by atoms with Crippen molar-refractivity contribution in [3.05, 3.63) is 159 Å². The molecule has 0 amide bonds. The minimum atomic E-state index is -0.645. The number of ether oxygens (including phenoxy) is 2. The first kappa shape index (κ1) is 46.2. The summed E-state index contributed by atoms with van der Waals surface area (Å²) < 4.78 is 68.9. The number of nitrogen functional groups attached to an aromatic ring is 1. The van der Waals surface area contributed by atoms with E-state index in [-0.39, 0.29) is 24.5 Å². The van der Waals surface area contributed by atoms with Crippen molar-refractivity contribution >= 4 is 63.8 Å². The van der Waals surface area contributed by atoms with E-state index in [1.165, 1.54) is 30.5 Å². The number of anilines is 5. The molecule has 0 saturated heterocycles. The molecule has 0 saturated carbocycles. The van der Waals surface area contributed by atoms with E-state index < -0.39 is 29.3 Å². The molecule has 2 atom stereocenters. The van der Waals surface area contributed by atoms with E-state index in [4.69, 9.17) is 50.0 Å². The lowest BCUT2D eigenvalue weighted by Crippen LogP contribution is -2.34. The van der Waals surface area contributed by atoms with Crippen LogP contribution in [0.3, 0.4) is 0 Å². The summed E-state index contributed by atoms with van der Waals surface area (Å²) in [5.74, 6) is 0.876. The van der Waals surface area contributed by atoms with E-state index in [1.807, 2.05) is 26.2 Å². The second-order valence-electron chi connectivity index (χ2n) is 15.1. The Kier molecular flexibility index (Phi) is 13.6. The van der Waals surface area contributed by atoms with Crippen LogP contribution in [0.25, 0.3) is 11.6 Å². The van der Waals surface area contributed by atoms with Crippen LogP contribution in [0.15, 0.2) is 98.4 Å². The van der Waals surface area contributed by atoms with Gasteiger partial charge >= 0.3 is 0 Å². The number of likely N-dealkylation sites (N-methyl/N-ethyl adjacent to an activating group) is 2. The number of imidazole rings is 2. The molecular formula is C44H37Cl3F4N14O2. The summed E-state index contributed by atoms with van der Waals surface area (Å²) >= 11 is 18.2. The van der Waals surface area contributed by atoms with Gasteiger partial charge in [-0.1, -0.05) is 23.2 Å². The Morgan fingerprint density at radius 3 is 1.54 bits per heavy atom. The zero-order valence-corrected chi connectivity index (χ0v) is 38.0. The van der Waals surface area contributed by atoms with E-state index in [0.29, 0.717) is 73.3 Å². The maximum Gasteiger partial charge on any atom is 0.229 e. The predicted octanol–water partition coefficient (Wildman–Crippen LogP) is 9.40. The number of hydrogen-bond donors (Lipinski definition) is 2. The number of pyridine rings is 2. The zero-order chi connectivity index (χ0) is 47.5. The molecule has 0 aliphatic carbocycles. The van der Waals surface area contributed by atoms with Crippen LogP contribution < -0.4 is 30.3 Å². The first-order valence-corrected chi connectivity index (χ1v) is 21.1. The molecule has 3 N–H and O–H groups in total. The van der Waals surface area contributed by atoms with Crippen molar-refractivity contribution in [1.29, 1.82) is 0 Å². The average Bonchev–Trinajstić information content (AvgIpc) is 3.91. The SMILES string of the molecule is CN1c2nc(Cl)ncc2OCC1c1cc(F)cc(F)c1.Cc1cn(-c2ncc(N)cc2Cl)cn1.Cc1cn(-c2ncc(Nc3ncc4c(n3)N(C)C(c3cc(F)cc(F)c3)CO4)cc2Cl)cn1. The monoisotopic (exact) mass is 974 g/mol. The van der Waals surface area contributed by atoms with Crippen molar-refractivity contribution in [1.82, 2.24) is 49.0 Å². The number of rotatable bonds is 6. The molecular weight excluding hydrogens is 939 g/mol. The molecule has 2 aliphatic heterocycles. The third-order valence-electron chi connectivity index (χ3n) is 10.2. The van der Waals surface area contributed by atoms with Crippen molar-refractivity contribution in [2.45, 2.75) is 25.9 Å². The normalized spacial score (nSPS) is 14.9. The van der Waals surface area contributed by atoms with E-state index in [9.17, 15) is 17.6 Å². The number of aromatic nitrogens is 10. The summed E-state index contributed by atoms with van der Waals surface area (Å²) in [6, 6.07) is 9.41. The molecule has 0 bridgehead atoms. The zero-order valence-electron chi connectivity index (χ0n) is 35.7. The molecule has 2 unspecified atom stereocenters. The van der Waals surface area contributed by atoms with Gasteiger partial charge in [-0.25, -0.2) is 47.5 Å². The third kappa shape index (κ3) is 10.7. The van der Waals surface area contributed by atoms with Gasteiger partial charge in [-0.05, 0) is 73.0 Å². The standard InChI is InChI=1S/C22H18ClF2N7O.C13H10ClF2N3O.C9H9ClN4/c1-12-9-32(11-28-12)20-17(23)6-16(7-26-20)29-22-27-8-19-21(30-22)31(2)18(10-33-19)13-3-14(24)5-15(25)4-13;1-19-10(7-2-8(15)4-9(16)3-7)6-20-11-5-17-13(14)18-12(11)19;1-6-4-14(5-13-6)9-8(10)2-7(11)3-12-9/h3-9,11,18H,10H2,1-2H3,(H,27,29,30);2-5,10H,6H2,1H3;2-5H,11H2,1H3. The van der Waals surface area contributed by atoms with Gasteiger partial charge in [-0.3, -0.25) is 9.13 Å². The Morgan fingerprint density at radius 2 is 1.06 bits per heavy atom. The van der Waals surface area contributed by atoms with Crippen LogP contribution in [-0.4, -0.2) is 76.3 Å².